The molecule has 0 aromatic carbocycles. The van der Waals surface area contributed by atoms with Crippen molar-refractivity contribution in [3.05, 3.63) is 107 Å². The molecule has 0 bridgehead atoms. The van der Waals surface area contributed by atoms with Gasteiger partial charge in [0.25, 0.3) is 0 Å². The number of nitrogens with one attached hydrogen (secondary N) is 2. The Bertz CT molecular complexity index is 1980. The summed E-state index contributed by atoms with van der Waals surface area (Å²) in [5, 5.41) is 6.13. The highest BCUT2D eigenvalue weighted by molar-refractivity contribution is 5.83. The summed E-state index contributed by atoms with van der Waals surface area (Å²) in [5.74, 6) is -1.48. The van der Waals surface area contributed by atoms with Gasteiger partial charge in [-0.05, 0) is 103 Å². The van der Waals surface area contributed by atoms with Crippen LogP contribution in [0.15, 0.2) is 73.3 Å². The lowest BCUT2D eigenvalue weighted by Gasteiger charge is -2.28. The number of pyridine rings is 4. The Balaban J connectivity index is 0.000000234. The monoisotopic (exact) mass is 872 g/mol. The van der Waals surface area contributed by atoms with Crippen molar-refractivity contribution in [3.8, 4) is 11.8 Å². The largest absolute Gasteiger partial charge is 0.476 e. The number of carbonyl (C=O) groups excluding carboxylic acids is 2. The molecule has 2 N–H and O–H groups in total. The van der Waals surface area contributed by atoms with Crippen LogP contribution in [0.25, 0.3) is 0 Å². The van der Waals surface area contributed by atoms with Gasteiger partial charge in [-0.25, -0.2) is 9.97 Å². The number of halogens is 6. The van der Waals surface area contributed by atoms with Crippen molar-refractivity contribution >= 4 is 11.8 Å². The summed E-state index contributed by atoms with van der Waals surface area (Å²) in [6.07, 6.45) is -3.06. The first-order valence-electron chi connectivity index (χ1n) is 20.1. The van der Waals surface area contributed by atoms with E-state index in [0.717, 1.165) is 47.7 Å². The number of hydrogen-bond donors (Lipinski definition) is 2. The molecule has 0 radical (unpaired) electrons. The predicted molar refractivity (Wildman–Crippen MR) is 219 cm³/mol. The first-order valence-corrected chi connectivity index (χ1v) is 20.1. The van der Waals surface area contributed by atoms with E-state index < -0.39 is 46.1 Å². The maximum absolute atomic E-state index is 13.2. The van der Waals surface area contributed by atoms with E-state index in [1.54, 1.807) is 27.7 Å². The highest BCUT2D eigenvalue weighted by Crippen LogP contribution is 2.37. The van der Waals surface area contributed by atoms with Crippen LogP contribution in [0.4, 0.5) is 26.3 Å². The van der Waals surface area contributed by atoms with E-state index >= 15 is 0 Å². The third-order valence-electron chi connectivity index (χ3n) is 10.9. The lowest BCUT2D eigenvalue weighted by molar-refractivity contribution is -0.141. The van der Waals surface area contributed by atoms with Crippen LogP contribution in [0.2, 0.25) is 0 Å². The minimum Gasteiger partial charge on any atom is -0.476 e. The molecule has 6 rings (SSSR count). The SMILES string of the molecule is Cc1ccc([C@@H]2CN(C)C[C@H]2NC(=O)C(C)(C)COc2ncccc2C(F)(F)F)cn1.Cc1ccc([C@H]2CN(C)C[C@@H]2NC(=O)C(C)(C)COc2ncccc2C(F)(F)F)cn1. The number of alkyl halides is 6. The minimum atomic E-state index is -4.58. The molecule has 6 heterocycles. The zero-order valence-electron chi connectivity index (χ0n) is 36.1. The van der Waals surface area contributed by atoms with Crippen molar-refractivity contribution in [2.24, 2.45) is 10.8 Å². The third-order valence-corrected chi connectivity index (χ3v) is 10.9. The molecule has 0 aliphatic carbocycles. The van der Waals surface area contributed by atoms with Crippen LogP contribution in [0.1, 0.15) is 73.2 Å². The number of aromatic nitrogens is 4. The molecule has 4 atom stereocenters. The van der Waals surface area contributed by atoms with E-state index in [1.807, 2.05) is 64.6 Å². The molecule has 0 unspecified atom stereocenters. The number of amides is 2. The van der Waals surface area contributed by atoms with Gasteiger partial charge >= 0.3 is 12.4 Å². The summed E-state index contributed by atoms with van der Waals surface area (Å²) in [7, 11) is 3.96. The second-order valence-electron chi connectivity index (χ2n) is 17.3. The number of likely N-dealkylation sites (tertiary alicyclic amines) is 2. The highest BCUT2D eigenvalue weighted by Gasteiger charge is 2.41. The van der Waals surface area contributed by atoms with Crippen molar-refractivity contribution in [1.82, 2.24) is 40.4 Å². The lowest BCUT2D eigenvalue weighted by Crippen LogP contribution is -2.48. The predicted octanol–water partition coefficient (Wildman–Crippen LogP) is 6.85. The standard InChI is InChI=1S/2C22H27F3N4O2/c2*1-14-7-8-15(10-27-14)16-11-29(4)12-18(16)28-20(30)21(2,3)13-31-19-17(22(23,24)25)6-5-9-26-19/h2*5-10,16,18H,11-13H2,1-4H3,(H,28,30)/t2*16-,18+/m10/s1. The number of carbonyl (C=O) groups is 2. The van der Waals surface area contributed by atoms with Crippen molar-refractivity contribution in [1.29, 1.82) is 0 Å². The van der Waals surface area contributed by atoms with Gasteiger partial charge in [-0.1, -0.05) is 12.1 Å². The van der Waals surface area contributed by atoms with Gasteiger partial charge in [-0.15, -0.1) is 0 Å². The van der Waals surface area contributed by atoms with Gasteiger partial charge in [0.15, 0.2) is 0 Å². The summed E-state index contributed by atoms with van der Waals surface area (Å²) in [4.78, 5) is 46.3. The Hall–Kier alpha value is -5.36. The number of rotatable bonds is 12. The lowest BCUT2D eigenvalue weighted by atomic mass is 9.90. The van der Waals surface area contributed by atoms with Gasteiger partial charge < -0.3 is 29.9 Å². The zero-order valence-corrected chi connectivity index (χ0v) is 36.1. The van der Waals surface area contributed by atoms with E-state index in [9.17, 15) is 35.9 Å². The van der Waals surface area contributed by atoms with Crippen LogP contribution in [-0.2, 0) is 21.9 Å². The number of likely N-dealkylation sites (N-methyl/N-ethyl adjacent to an activating group) is 2. The van der Waals surface area contributed by atoms with Crippen molar-refractivity contribution in [3.63, 3.8) is 0 Å². The molecule has 336 valence electrons. The Labute approximate surface area is 357 Å². The smallest absolute Gasteiger partial charge is 0.421 e. The molecule has 18 heteroatoms. The van der Waals surface area contributed by atoms with E-state index in [-0.39, 0.29) is 48.9 Å². The summed E-state index contributed by atoms with van der Waals surface area (Å²) < 4.78 is 89.6. The van der Waals surface area contributed by atoms with Crippen LogP contribution < -0.4 is 20.1 Å². The van der Waals surface area contributed by atoms with E-state index in [0.29, 0.717) is 13.1 Å². The maximum Gasteiger partial charge on any atom is 0.421 e. The fourth-order valence-corrected chi connectivity index (χ4v) is 7.17. The summed E-state index contributed by atoms with van der Waals surface area (Å²) in [6, 6.07) is 11.8. The molecule has 62 heavy (non-hydrogen) atoms. The van der Waals surface area contributed by atoms with E-state index in [4.69, 9.17) is 9.47 Å². The molecule has 2 fully saturated rings. The highest BCUT2D eigenvalue weighted by atomic mass is 19.4. The molecule has 0 spiro atoms. The fraction of sp³-hybridized carbons (Fsp3) is 0.500. The number of nitrogens with zero attached hydrogens (tertiary/aromatic N) is 6. The van der Waals surface area contributed by atoms with Gasteiger partial charge in [0.1, 0.15) is 24.3 Å². The van der Waals surface area contributed by atoms with Gasteiger partial charge in [0, 0.05) is 86.3 Å². The van der Waals surface area contributed by atoms with E-state index in [2.05, 4.69) is 40.4 Å². The fourth-order valence-electron chi connectivity index (χ4n) is 7.17. The number of aryl methyl sites for hydroxylation is 2. The topological polar surface area (TPSA) is 135 Å². The molecular weight excluding hydrogens is 819 g/mol. The second kappa shape index (κ2) is 19.4. The average Bonchev–Trinajstić information content (AvgIpc) is 3.76. The van der Waals surface area contributed by atoms with Gasteiger partial charge in [-0.2, -0.15) is 26.3 Å². The van der Waals surface area contributed by atoms with Crippen molar-refractivity contribution in [2.75, 3.05) is 53.5 Å². The summed E-state index contributed by atoms with van der Waals surface area (Å²) in [5.41, 5.74) is -0.125. The zero-order chi connectivity index (χ0) is 45.6. The van der Waals surface area contributed by atoms with Crippen LogP contribution in [-0.4, -0.2) is 107 Å². The first kappa shape index (κ1) is 47.7. The third kappa shape index (κ3) is 12.4. The molecule has 0 saturated carbocycles. The average molecular weight is 873 g/mol. The Morgan fingerprint density at radius 3 is 1.31 bits per heavy atom. The Morgan fingerprint density at radius 2 is 0.984 bits per heavy atom. The summed E-state index contributed by atoms with van der Waals surface area (Å²) in [6.45, 7) is 12.8. The van der Waals surface area contributed by atoms with Gasteiger partial charge in [-0.3, -0.25) is 19.6 Å². The van der Waals surface area contributed by atoms with Crippen LogP contribution in [0.5, 0.6) is 11.8 Å². The van der Waals surface area contributed by atoms with Gasteiger partial charge in [0.2, 0.25) is 23.6 Å². The number of hydrogen-bond acceptors (Lipinski definition) is 10. The van der Waals surface area contributed by atoms with E-state index in [1.165, 1.54) is 24.5 Å². The molecule has 2 aliphatic heterocycles. The molecule has 2 saturated heterocycles. The quantitative estimate of drug-likeness (QED) is 0.146. The van der Waals surface area contributed by atoms with Gasteiger partial charge in [0.05, 0.1) is 10.8 Å². The molecule has 2 amide bonds. The maximum atomic E-state index is 13.2. The van der Waals surface area contributed by atoms with Crippen LogP contribution in [0.3, 0.4) is 0 Å². The van der Waals surface area contributed by atoms with Crippen LogP contribution >= 0.6 is 0 Å². The second-order valence-corrected chi connectivity index (χ2v) is 17.3. The Kier molecular flexibility index (Phi) is 14.9. The minimum absolute atomic E-state index is 0.0754. The normalized spacial score (nSPS) is 20.0. The van der Waals surface area contributed by atoms with Crippen molar-refractivity contribution < 1.29 is 45.4 Å². The van der Waals surface area contributed by atoms with Crippen LogP contribution in [0, 0.1) is 24.7 Å². The molecule has 4 aromatic rings. The molecule has 4 aromatic heterocycles. The Morgan fingerprint density at radius 1 is 0.613 bits per heavy atom. The number of ether oxygens (including phenoxy) is 2. The first-order chi connectivity index (χ1) is 28.9. The summed E-state index contributed by atoms with van der Waals surface area (Å²) >= 11 is 0. The molecule has 12 nitrogen and oxygen atoms in total. The molecular formula is C44H54F6N8O4. The van der Waals surface area contributed by atoms with Crippen molar-refractivity contribution in [2.45, 2.75) is 77.8 Å². The molecule has 2 aliphatic rings.